The molecule has 0 saturated heterocycles. The summed E-state index contributed by atoms with van der Waals surface area (Å²) in [5, 5.41) is 0.0928. The fourth-order valence-corrected chi connectivity index (χ4v) is 3.16. The third kappa shape index (κ3) is 2.95. The number of aryl methyl sites for hydroxylation is 1. The Morgan fingerprint density at radius 1 is 1.40 bits per heavy atom. The molecule has 108 valence electrons. The molecule has 5 nitrogen and oxygen atoms in total. The minimum Gasteiger partial charge on any atom is -0.464 e. The van der Waals surface area contributed by atoms with Crippen LogP contribution in [0, 0.1) is 12.7 Å². The number of halogens is 2. The Morgan fingerprint density at radius 2 is 2.10 bits per heavy atom. The molecule has 0 saturated carbocycles. The van der Waals surface area contributed by atoms with Crippen LogP contribution >= 0.6 is 11.6 Å². The van der Waals surface area contributed by atoms with E-state index in [2.05, 4.69) is 4.72 Å². The third-order valence-electron chi connectivity index (χ3n) is 2.59. The largest absolute Gasteiger partial charge is 0.464 e. The molecule has 0 amide bonds. The predicted molar refractivity (Wildman–Crippen MR) is 73.6 cm³/mol. The van der Waals surface area contributed by atoms with Gasteiger partial charge in [-0.2, -0.15) is 0 Å². The van der Waals surface area contributed by atoms with Gasteiger partial charge in [-0.3, -0.25) is 4.72 Å². The Labute approximate surface area is 120 Å². The van der Waals surface area contributed by atoms with Crippen molar-refractivity contribution in [3.63, 3.8) is 0 Å². The highest BCUT2D eigenvalue weighted by molar-refractivity contribution is 7.92. The molecular formula is C12H12ClFN2O3S. The second kappa shape index (κ2) is 5.43. The van der Waals surface area contributed by atoms with E-state index < -0.39 is 15.8 Å². The average Bonchev–Trinajstić information content (AvgIpc) is 2.76. The number of nitrogens with two attached hydrogens (primary N) is 1. The molecule has 1 aromatic heterocycles. The van der Waals surface area contributed by atoms with Gasteiger partial charge in [0.2, 0.25) is 0 Å². The lowest BCUT2D eigenvalue weighted by Crippen LogP contribution is -2.13. The molecule has 0 unspecified atom stereocenters. The van der Waals surface area contributed by atoms with Crippen LogP contribution in [0.1, 0.15) is 11.5 Å². The van der Waals surface area contributed by atoms with Crippen LogP contribution < -0.4 is 10.5 Å². The van der Waals surface area contributed by atoms with Gasteiger partial charge in [0, 0.05) is 6.07 Å². The van der Waals surface area contributed by atoms with Gasteiger partial charge in [-0.15, -0.1) is 0 Å². The second-order valence-electron chi connectivity index (χ2n) is 4.07. The van der Waals surface area contributed by atoms with Gasteiger partial charge in [0.15, 0.2) is 0 Å². The maximum Gasteiger partial charge on any atom is 0.265 e. The number of furan rings is 1. The SMILES string of the molecule is Cc1oc(CN)cc1S(=O)(=O)Nc1cc(F)ccc1Cl. The van der Waals surface area contributed by atoms with Crippen LogP contribution in [0.2, 0.25) is 5.02 Å². The van der Waals surface area contributed by atoms with E-state index >= 15 is 0 Å². The predicted octanol–water partition coefficient (Wildman–Crippen LogP) is 2.64. The van der Waals surface area contributed by atoms with E-state index in [-0.39, 0.29) is 27.9 Å². The molecule has 20 heavy (non-hydrogen) atoms. The minimum atomic E-state index is -3.92. The van der Waals surface area contributed by atoms with Gasteiger partial charge < -0.3 is 10.2 Å². The Morgan fingerprint density at radius 3 is 2.70 bits per heavy atom. The summed E-state index contributed by atoms with van der Waals surface area (Å²) in [5.41, 5.74) is 5.35. The van der Waals surface area contributed by atoms with Crippen molar-refractivity contribution in [1.82, 2.24) is 0 Å². The van der Waals surface area contributed by atoms with Gasteiger partial charge in [0.05, 0.1) is 17.3 Å². The molecule has 0 bridgehead atoms. The normalized spacial score (nSPS) is 11.6. The lowest BCUT2D eigenvalue weighted by Gasteiger charge is -2.08. The van der Waals surface area contributed by atoms with Crippen LogP contribution in [0.25, 0.3) is 0 Å². The Bertz CT molecular complexity index is 743. The highest BCUT2D eigenvalue weighted by Gasteiger charge is 2.22. The molecular weight excluding hydrogens is 307 g/mol. The van der Waals surface area contributed by atoms with E-state index in [9.17, 15) is 12.8 Å². The van der Waals surface area contributed by atoms with Crippen LogP contribution in [0.3, 0.4) is 0 Å². The van der Waals surface area contributed by atoms with Crippen molar-refractivity contribution >= 4 is 27.3 Å². The first-order valence-electron chi connectivity index (χ1n) is 5.60. The van der Waals surface area contributed by atoms with Gasteiger partial charge in [-0.05, 0) is 25.1 Å². The number of nitrogens with one attached hydrogen (secondary N) is 1. The molecule has 0 radical (unpaired) electrons. The van der Waals surface area contributed by atoms with Gasteiger partial charge in [0.1, 0.15) is 22.2 Å². The number of hydrogen-bond donors (Lipinski definition) is 2. The average molecular weight is 319 g/mol. The van der Waals surface area contributed by atoms with Gasteiger partial charge >= 0.3 is 0 Å². The third-order valence-corrected chi connectivity index (χ3v) is 4.39. The fourth-order valence-electron chi connectivity index (χ4n) is 1.67. The highest BCUT2D eigenvalue weighted by Crippen LogP contribution is 2.27. The molecule has 0 atom stereocenters. The van der Waals surface area contributed by atoms with E-state index in [1.54, 1.807) is 0 Å². The molecule has 0 fully saturated rings. The van der Waals surface area contributed by atoms with Crippen molar-refractivity contribution in [3.8, 4) is 0 Å². The fraction of sp³-hybridized carbons (Fsp3) is 0.167. The monoisotopic (exact) mass is 318 g/mol. The molecule has 8 heteroatoms. The van der Waals surface area contributed by atoms with E-state index in [1.165, 1.54) is 19.1 Å². The zero-order valence-electron chi connectivity index (χ0n) is 10.5. The maximum absolute atomic E-state index is 13.1. The minimum absolute atomic E-state index is 0.0402. The van der Waals surface area contributed by atoms with Crippen molar-refractivity contribution in [2.24, 2.45) is 5.73 Å². The smallest absolute Gasteiger partial charge is 0.265 e. The number of anilines is 1. The van der Waals surface area contributed by atoms with E-state index in [1.807, 2.05) is 0 Å². The first kappa shape index (κ1) is 14.8. The number of hydrogen-bond acceptors (Lipinski definition) is 4. The summed E-state index contributed by atoms with van der Waals surface area (Å²) < 4.78 is 45.0. The lowest BCUT2D eigenvalue weighted by molar-refractivity contribution is 0.479. The van der Waals surface area contributed by atoms with E-state index in [4.69, 9.17) is 21.8 Å². The quantitative estimate of drug-likeness (QED) is 0.907. The Kier molecular flexibility index (Phi) is 4.03. The molecule has 2 aromatic rings. The van der Waals surface area contributed by atoms with Crippen molar-refractivity contribution in [1.29, 1.82) is 0 Å². The molecule has 2 rings (SSSR count). The number of rotatable bonds is 4. The van der Waals surface area contributed by atoms with Crippen molar-refractivity contribution in [3.05, 3.63) is 46.6 Å². The molecule has 0 aliphatic heterocycles. The summed E-state index contributed by atoms with van der Waals surface area (Å²) in [5.74, 6) is -0.0580. The standard InChI is InChI=1S/C12H12ClFN2O3S/c1-7-12(5-9(6-15)19-7)20(17,18)16-11-4-8(14)2-3-10(11)13/h2-5,16H,6,15H2,1H3. The maximum atomic E-state index is 13.1. The summed E-state index contributed by atoms with van der Waals surface area (Å²) in [6.45, 7) is 1.58. The van der Waals surface area contributed by atoms with Gasteiger partial charge in [-0.25, -0.2) is 12.8 Å². The summed E-state index contributed by atoms with van der Waals surface area (Å²) in [6, 6.07) is 4.72. The second-order valence-corrected chi connectivity index (χ2v) is 6.12. The molecule has 1 heterocycles. The molecule has 0 spiro atoms. The highest BCUT2D eigenvalue weighted by atomic mass is 35.5. The molecule has 0 aliphatic rings. The summed E-state index contributed by atoms with van der Waals surface area (Å²) in [4.78, 5) is -0.0572. The first-order valence-corrected chi connectivity index (χ1v) is 7.47. The van der Waals surface area contributed by atoms with Crippen molar-refractivity contribution < 1.29 is 17.2 Å². The molecule has 3 N–H and O–H groups in total. The first-order chi connectivity index (χ1) is 9.33. The Hall–Kier alpha value is -1.57. The topological polar surface area (TPSA) is 85.3 Å². The van der Waals surface area contributed by atoms with Crippen LogP contribution in [-0.2, 0) is 16.6 Å². The van der Waals surface area contributed by atoms with Crippen LogP contribution in [-0.4, -0.2) is 8.42 Å². The lowest BCUT2D eigenvalue weighted by atomic mass is 10.3. The van der Waals surface area contributed by atoms with Crippen LogP contribution in [0.15, 0.2) is 33.6 Å². The Balaban J connectivity index is 2.40. The van der Waals surface area contributed by atoms with E-state index in [0.29, 0.717) is 5.76 Å². The molecule has 1 aromatic carbocycles. The van der Waals surface area contributed by atoms with Crippen LogP contribution in [0.5, 0.6) is 0 Å². The zero-order chi connectivity index (χ0) is 14.9. The molecule has 0 aliphatic carbocycles. The summed E-state index contributed by atoms with van der Waals surface area (Å²) in [7, 11) is -3.92. The summed E-state index contributed by atoms with van der Waals surface area (Å²) >= 11 is 5.82. The van der Waals surface area contributed by atoms with Crippen molar-refractivity contribution in [2.75, 3.05) is 4.72 Å². The van der Waals surface area contributed by atoms with Crippen molar-refractivity contribution in [2.45, 2.75) is 18.4 Å². The summed E-state index contributed by atoms with van der Waals surface area (Å²) in [6.07, 6.45) is 0. The van der Waals surface area contributed by atoms with E-state index in [0.717, 1.165) is 12.1 Å². The number of sulfonamides is 1. The number of benzene rings is 1. The van der Waals surface area contributed by atoms with Crippen LogP contribution in [0.4, 0.5) is 10.1 Å². The van der Waals surface area contributed by atoms with Gasteiger partial charge in [0.25, 0.3) is 10.0 Å². The van der Waals surface area contributed by atoms with Gasteiger partial charge in [-0.1, -0.05) is 11.6 Å². The zero-order valence-corrected chi connectivity index (χ0v) is 12.1.